The summed E-state index contributed by atoms with van der Waals surface area (Å²) in [5.41, 5.74) is -0.591. The molecule has 0 bridgehead atoms. The Balaban J connectivity index is 2.51. The number of rotatable bonds is 9. The van der Waals surface area contributed by atoms with Gasteiger partial charge in [0.25, 0.3) is 0 Å². The fourth-order valence-corrected chi connectivity index (χ4v) is 5.07. The molecule has 0 radical (unpaired) electrons. The molecule has 1 rings (SSSR count). The maximum Gasteiger partial charge on any atom is 0.501 e. The topological polar surface area (TPSA) is 49.5 Å². The van der Waals surface area contributed by atoms with E-state index in [4.69, 9.17) is 22.8 Å². The molecular weight excluding hydrogens is 288 g/mol. The van der Waals surface area contributed by atoms with E-state index in [1.807, 2.05) is 41.5 Å². The summed E-state index contributed by atoms with van der Waals surface area (Å²) < 4.78 is 28.9. The average Bonchev–Trinajstić information content (AvgIpc) is 3.08. The highest BCUT2D eigenvalue weighted by Gasteiger charge is 2.46. The lowest BCUT2D eigenvalue weighted by molar-refractivity contribution is -0.0376. The fraction of sp³-hybridized carbons (Fsp3) is 1.00. The summed E-state index contributed by atoms with van der Waals surface area (Å²) in [7, 11) is -1.03. The largest absolute Gasteiger partial charge is 0.501 e. The first-order valence-electron chi connectivity index (χ1n) is 7.70. The SMILES string of the molecule is CO[Si](CCCOCC1CO1)(OC(C)(C)C)OC(C)(C)C. The second kappa shape index (κ2) is 7.52. The molecule has 0 spiro atoms. The summed E-state index contributed by atoms with van der Waals surface area (Å²) in [5.74, 6) is 0. The molecule has 126 valence electrons. The van der Waals surface area contributed by atoms with Crippen LogP contribution in [0.1, 0.15) is 48.0 Å². The summed E-state index contributed by atoms with van der Waals surface area (Å²) in [4.78, 5) is 0. The molecular formula is C15H32O5Si. The van der Waals surface area contributed by atoms with Crippen molar-refractivity contribution in [2.24, 2.45) is 0 Å². The van der Waals surface area contributed by atoms with Crippen molar-refractivity contribution < 1.29 is 22.8 Å². The molecule has 1 aliphatic rings. The van der Waals surface area contributed by atoms with Crippen LogP contribution in [0.15, 0.2) is 0 Å². The molecule has 1 saturated heterocycles. The van der Waals surface area contributed by atoms with Crippen molar-refractivity contribution in [3.63, 3.8) is 0 Å². The third kappa shape index (κ3) is 8.90. The predicted octanol–water partition coefficient (Wildman–Crippen LogP) is 3.01. The van der Waals surface area contributed by atoms with Crippen LogP contribution in [0.25, 0.3) is 0 Å². The van der Waals surface area contributed by atoms with Crippen molar-refractivity contribution in [3.05, 3.63) is 0 Å². The molecule has 1 atom stereocenters. The second-order valence-corrected chi connectivity index (χ2v) is 10.1. The number of hydrogen-bond donors (Lipinski definition) is 0. The summed E-state index contributed by atoms with van der Waals surface area (Å²) >= 11 is 0. The van der Waals surface area contributed by atoms with Crippen LogP contribution < -0.4 is 0 Å². The van der Waals surface area contributed by atoms with Gasteiger partial charge in [0.2, 0.25) is 0 Å². The Morgan fingerprint density at radius 1 is 1.05 bits per heavy atom. The van der Waals surface area contributed by atoms with Crippen molar-refractivity contribution in [2.75, 3.05) is 26.9 Å². The first-order chi connectivity index (χ1) is 9.55. The quantitative estimate of drug-likeness (QED) is 0.371. The van der Waals surface area contributed by atoms with Crippen LogP contribution in [0.2, 0.25) is 6.04 Å². The molecule has 0 aromatic carbocycles. The maximum atomic E-state index is 6.20. The van der Waals surface area contributed by atoms with Gasteiger partial charge in [0.05, 0.1) is 24.4 Å². The van der Waals surface area contributed by atoms with Crippen molar-refractivity contribution >= 4 is 8.80 Å². The molecule has 1 aliphatic heterocycles. The van der Waals surface area contributed by atoms with Crippen LogP contribution in [-0.2, 0) is 22.8 Å². The third-order valence-electron chi connectivity index (χ3n) is 2.71. The Labute approximate surface area is 130 Å². The first kappa shape index (κ1) is 19.1. The van der Waals surface area contributed by atoms with E-state index < -0.39 is 8.80 Å². The van der Waals surface area contributed by atoms with E-state index in [9.17, 15) is 0 Å². The fourth-order valence-electron chi connectivity index (χ4n) is 2.01. The number of ether oxygens (including phenoxy) is 2. The molecule has 21 heavy (non-hydrogen) atoms. The van der Waals surface area contributed by atoms with E-state index in [0.717, 1.165) is 19.1 Å². The van der Waals surface area contributed by atoms with Crippen molar-refractivity contribution in [1.82, 2.24) is 0 Å². The molecule has 1 heterocycles. The van der Waals surface area contributed by atoms with Crippen LogP contribution in [0, 0.1) is 0 Å². The van der Waals surface area contributed by atoms with E-state index in [-0.39, 0.29) is 11.2 Å². The van der Waals surface area contributed by atoms with E-state index in [2.05, 4.69) is 0 Å². The highest BCUT2D eigenvalue weighted by Crippen LogP contribution is 2.28. The average molecular weight is 321 g/mol. The van der Waals surface area contributed by atoms with Gasteiger partial charge < -0.3 is 22.8 Å². The Bertz CT molecular complexity index is 288. The van der Waals surface area contributed by atoms with Crippen LogP contribution >= 0.6 is 0 Å². The smallest absolute Gasteiger partial charge is 0.379 e. The van der Waals surface area contributed by atoms with Gasteiger partial charge in [0.1, 0.15) is 6.10 Å². The first-order valence-corrected chi connectivity index (χ1v) is 9.63. The highest BCUT2D eigenvalue weighted by atomic mass is 28.4. The van der Waals surface area contributed by atoms with E-state index in [1.165, 1.54) is 0 Å². The standard InChI is InChI=1S/C15H32O5Si/c1-14(2,3)19-21(16-7,20-15(4,5)6)10-8-9-17-11-13-12-18-13/h13H,8-12H2,1-7H3. The Kier molecular flexibility index (Phi) is 6.83. The van der Waals surface area contributed by atoms with Crippen molar-refractivity contribution in [3.8, 4) is 0 Å². The van der Waals surface area contributed by atoms with Gasteiger partial charge in [-0.05, 0) is 48.0 Å². The van der Waals surface area contributed by atoms with Crippen LogP contribution in [0.5, 0.6) is 0 Å². The van der Waals surface area contributed by atoms with Crippen LogP contribution in [0.4, 0.5) is 0 Å². The minimum atomic E-state index is -2.71. The predicted molar refractivity (Wildman–Crippen MR) is 84.4 cm³/mol. The van der Waals surface area contributed by atoms with Gasteiger partial charge in [-0.3, -0.25) is 0 Å². The Hall–Kier alpha value is 0.0169. The lowest BCUT2D eigenvalue weighted by Crippen LogP contribution is -2.53. The van der Waals surface area contributed by atoms with E-state index >= 15 is 0 Å². The van der Waals surface area contributed by atoms with Gasteiger partial charge in [0.15, 0.2) is 0 Å². The maximum absolute atomic E-state index is 6.20. The molecule has 0 N–H and O–H groups in total. The second-order valence-electron chi connectivity index (χ2n) is 7.45. The monoisotopic (exact) mass is 320 g/mol. The molecule has 0 amide bonds. The summed E-state index contributed by atoms with van der Waals surface area (Å²) in [6.45, 7) is 14.4. The van der Waals surface area contributed by atoms with Gasteiger partial charge in [-0.1, -0.05) is 0 Å². The normalized spacial score (nSPS) is 19.9. The zero-order valence-corrected chi connectivity index (χ0v) is 15.7. The molecule has 0 aliphatic carbocycles. The van der Waals surface area contributed by atoms with Crippen LogP contribution in [-0.4, -0.2) is 53.0 Å². The molecule has 0 saturated carbocycles. The van der Waals surface area contributed by atoms with E-state index in [1.54, 1.807) is 7.11 Å². The van der Waals surface area contributed by atoms with Crippen LogP contribution in [0.3, 0.4) is 0 Å². The molecule has 1 unspecified atom stereocenters. The molecule has 6 heteroatoms. The zero-order chi connectivity index (χ0) is 16.1. The van der Waals surface area contributed by atoms with Gasteiger partial charge in [-0.15, -0.1) is 0 Å². The Morgan fingerprint density at radius 2 is 1.57 bits per heavy atom. The summed E-state index contributed by atoms with van der Waals surface area (Å²) in [6.07, 6.45) is 1.17. The van der Waals surface area contributed by atoms with Gasteiger partial charge in [-0.25, -0.2) is 0 Å². The molecule has 0 aromatic rings. The number of hydrogen-bond acceptors (Lipinski definition) is 5. The highest BCUT2D eigenvalue weighted by molar-refractivity contribution is 6.60. The van der Waals surface area contributed by atoms with E-state index in [0.29, 0.717) is 19.3 Å². The van der Waals surface area contributed by atoms with Gasteiger partial charge in [-0.2, -0.15) is 0 Å². The number of epoxide rings is 1. The van der Waals surface area contributed by atoms with Crippen molar-refractivity contribution in [2.45, 2.75) is 71.3 Å². The molecule has 5 nitrogen and oxygen atoms in total. The minimum Gasteiger partial charge on any atom is -0.379 e. The minimum absolute atomic E-state index is 0.295. The van der Waals surface area contributed by atoms with Crippen molar-refractivity contribution in [1.29, 1.82) is 0 Å². The molecule has 0 aromatic heterocycles. The summed E-state index contributed by atoms with van der Waals surface area (Å²) in [6, 6.07) is 0.754. The molecule has 1 fully saturated rings. The lowest BCUT2D eigenvalue weighted by atomic mass is 10.2. The zero-order valence-electron chi connectivity index (χ0n) is 14.7. The van der Waals surface area contributed by atoms with Gasteiger partial charge in [0, 0.05) is 19.8 Å². The Morgan fingerprint density at radius 3 is 1.95 bits per heavy atom. The summed E-state index contributed by atoms with van der Waals surface area (Å²) in [5, 5.41) is 0. The lowest BCUT2D eigenvalue weighted by Gasteiger charge is -2.39. The third-order valence-corrected chi connectivity index (χ3v) is 6.15. The van der Waals surface area contributed by atoms with Gasteiger partial charge >= 0.3 is 8.80 Å².